The molecule has 4 spiro atoms. The summed E-state index contributed by atoms with van der Waals surface area (Å²) in [6, 6.07) is 8.35. The molecule has 6 bridgehead atoms. The first kappa shape index (κ1) is 43.9. The van der Waals surface area contributed by atoms with E-state index in [4.69, 9.17) is 16.5 Å². The second kappa shape index (κ2) is 14.5. The molecule has 0 saturated heterocycles. The number of hydrogen-bond donors (Lipinski definition) is 7. The van der Waals surface area contributed by atoms with Crippen LogP contribution in [0.1, 0.15) is 128 Å². The molecule has 4 fully saturated rings. The SMILES string of the molecule is C/C(C(=O)O)=C1/CC[C@@]2(N=C(N)N)C=C[C@@]3(C[C@@]4(O)C=C[C@]5(O)C6=C7C(=O)C[C@]38CCCCC[C@@]73CCC(=O)[C@@](C)(CC#CCC[C@]684)[C@H]3[C@H]5C3=Cc4ccccc4CC3)[C@H](CCO)[C@H]2[C@@H]1O. The van der Waals surface area contributed by atoms with E-state index in [1.807, 2.05) is 24.3 Å². The summed E-state index contributed by atoms with van der Waals surface area (Å²) in [4.78, 5) is 48.8. The highest BCUT2D eigenvalue weighted by molar-refractivity contribution is 6.02. The number of Topliss-reactive ketones (excluding diaryl/α,β-unsaturated/α-hetero) is 2. The number of aliphatic hydroxyl groups excluding tert-OH is 2. The molecule has 11 heteroatoms. The number of guanidine groups is 1. The predicted octanol–water partition coefficient (Wildman–Crippen LogP) is 6.19. The minimum atomic E-state index is -1.77. The average molecular weight is 896 g/mol. The Balaban J connectivity index is 1.26. The minimum Gasteiger partial charge on any atom is -0.478 e. The number of ketones is 2. The second-order valence-electron chi connectivity index (χ2n) is 22.5. The van der Waals surface area contributed by atoms with Gasteiger partial charge < -0.3 is 37.0 Å². The molecule has 10 aliphatic rings. The number of nitrogens with two attached hydrogens (primary N) is 2. The van der Waals surface area contributed by atoms with Crippen LogP contribution in [-0.4, -0.2) is 78.5 Å². The van der Waals surface area contributed by atoms with E-state index in [1.54, 1.807) is 0 Å². The number of carbonyl (C=O) groups excluding carboxylic acids is 2. The maximum atomic E-state index is 16.4. The third-order valence-electron chi connectivity index (χ3n) is 20.3. The van der Waals surface area contributed by atoms with Gasteiger partial charge >= 0.3 is 5.97 Å². The molecule has 1 aromatic carbocycles. The largest absolute Gasteiger partial charge is 0.478 e. The van der Waals surface area contributed by atoms with Crippen LogP contribution < -0.4 is 11.5 Å². The molecule has 0 aliphatic heterocycles. The zero-order chi connectivity index (χ0) is 46.5. The average Bonchev–Trinajstić information content (AvgIpc) is 3.45. The molecular formula is C55H65N3O8. The molecule has 4 saturated carbocycles. The van der Waals surface area contributed by atoms with Gasteiger partial charge in [0.25, 0.3) is 0 Å². The molecule has 11 nitrogen and oxygen atoms in total. The Morgan fingerprint density at radius 3 is 2.48 bits per heavy atom. The van der Waals surface area contributed by atoms with Crippen molar-refractivity contribution in [3.05, 3.63) is 87.6 Å². The Hall–Kier alpha value is -4.60. The van der Waals surface area contributed by atoms with Gasteiger partial charge in [0.2, 0.25) is 0 Å². The van der Waals surface area contributed by atoms with Crippen molar-refractivity contribution in [2.24, 2.45) is 67.2 Å². The van der Waals surface area contributed by atoms with Crippen molar-refractivity contribution in [3.8, 4) is 11.8 Å². The van der Waals surface area contributed by atoms with E-state index in [2.05, 4.69) is 49.1 Å². The second-order valence-corrected chi connectivity index (χ2v) is 22.5. The number of hydrogen-bond acceptors (Lipinski definition) is 8. The van der Waals surface area contributed by atoms with E-state index < -0.39 is 79.6 Å². The number of carbonyl (C=O) groups is 3. The Morgan fingerprint density at radius 2 is 1.71 bits per heavy atom. The fourth-order valence-electron chi connectivity index (χ4n) is 18.2. The molecule has 0 heterocycles. The lowest BCUT2D eigenvalue weighted by molar-refractivity contribution is -0.180. The topological polar surface area (TPSA) is 217 Å². The van der Waals surface area contributed by atoms with Crippen LogP contribution in [0.25, 0.3) is 6.08 Å². The van der Waals surface area contributed by atoms with Gasteiger partial charge in [-0.3, -0.25) is 9.59 Å². The number of nitrogens with zero attached hydrogens (tertiary/aromatic N) is 1. The molecule has 11 rings (SSSR count). The Bertz CT molecular complexity index is 2630. The number of aliphatic imine (C=N–C) groups is 1. The van der Waals surface area contributed by atoms with Gasteiger partial charge in [0.15, 0.2) is 11.7 Å². The molecular weight excluding hydrogens is 831 g/mol. The Kier molecular flexibility index (Phi) is 9.63. The zero-order valence-corrected chi connectivity index (χ0v) is 38.4. The Morgan fingerprint density at radius 1 is 0.924 bits per heavy atom. The van der Waals surface area contributed by atoms with Crippen LogP contribution in [-0.2, 0) is 20.8 Å². The summed E-state index contributed by atoms with van der Waals surface area (Å²) >= 11 is 0. The first-order chi connectivity index (χ1) is 31.4. The molecule has 348 valence electrons. The molecule has 10 aliphatic carbocycles. The fraction of sp³-hybridized carbons (Fsp3) is 0.600. The normalized spacial score (nSPS) is 45.6. The van der Waals surface area contributed by atoms with Gasteiger partial charge in [-0.15, -0.1) is 11.8 Å². The summed E-state index contributed by atoms with van der Waals surface area (Å²) in [5.41, 5.74) is 7.72. The standard InChI is InChI=1S/C55H65N3O8/c1-32(46(63)64)36-15-23-51(58-47(56)57)25-24-50(37(17-28-59)41(51)43(36)62)31-53(65)26-27-54(66)40(35-14-13-33-11-5-6-12-34(33)29-35)44-48(2)18-7-3-10-21-55(53)45(54)42-38(60)30-52(50,55)20-9-4-8-19-49(42,44)22-16-39(48)61/h5-6,11-12,24-27,29,37,40-41,43-44,59,62,65-66H,4,8-10,13-23,28,30-31H2,1-2H3,(H,63,64)(H4,56,57,58)/b36-32+/t37-,40-,41+,43-,44-,48-,49-,50-,51-,52-,53+,54-,55+/m1/s1. The third kappa shape index (κ3) is 5.20. The lowest BCUT2D eigenvalue weighted by Crippen LogP contribution is -2.72. The Labute approximate surface area is 387 Å². The first-order valence-electron chi connectivity index (χ1n) is 24.7. The van der Waals surface area contributed by atoms with Crippen molar-refractivity contribution in [3.63, 3.8) is 0 Å². The van der Waals surface area contributed by atoms with E-state index in [9.17, 15) is 35.1 Å². The van der Waals surface area contributed by atoms with Gasteiger partial charge in [-0.2, -0.15) is 0 Å². The molecule has 0 amide bonds. The zero-order valence-electron chi connectivity index (χ0n) is 38.4. The van der Waals surface area contributed by atoms with E-state index in [-0.39, 0.29) is 55.4 Å². The van der Waals surface area contributed by atoms with Crippen LogP contribution in [0.4, 0.5) is 0 Å². The maximum Gasteiger partial charge on any atom is 0.331 e. The summed E-state index contributed by atoms with van der Waals surface area (Å²) in [6.07, 6.45) is 16.3. The van der Waals surface area contributed by atoms with Gasteiger partial charge in [0.1, 0.15) is 11.4 Å². The first-order valence-corrected chi connectivity index (χ1v) is 24.7. The number of aliphatic carboxylic acids is 1. The maximum absolute atomic E-state index is 16.4. The van der Waals surface area contributed by atoms with E-state index in [0.717, 1.165) is 36.8 Å². The highest BCUT2D eigenvalue weighted by Gasteiger charge is 2.85. The third-order valence-corrected chi connectivity index (χ3v) is 20.3. The van der Waals surface area contributed by atoms with Crippen molar-refractivity contribution in [2.75, 3.05) is 6.61 Å². The predicted molar refractivity (Wildman–Crippen MR) is 249 cm³/mol. The summed E-state index contributed by atoms with van der Waals surface area (Å²) in [6.45, 7) is 3.28. The lowest BCUT2D eigenvalue weighted by atomic mass is 9.31. The number of carboxylic acids is 1. The molecule has 1 aromatic rings. The number of aryl methyl sites for hydroxylation is 1. The van der Waals surface area contributed by atoms with Crippen LogP contribution >= 0.6 is 0 Å². The summed E-state index contributed by atoms with van der Waals surface area (Å²) in [5.74, 6) is 3.23. The minimum absolute atomic E-state index is 0.0460. The number of fused-ring (bicyclic) bond motifs is 3. The van der Waals surface area contributed by atoms with Crippen molar-refractivity contribution in [1.82, 2.24) is 0 Å². The van der Waals surface area contributed by atoms with Crippen LogP contribution in [0.3, 0.4) is 0 Å². The number of aliphatic hydroxyl groups is 4. The molecule has 0 radical (unpaired) electrons. The molecule has 0 unspecified atom stereocenters. The lowest BCUT2D eigenvalue weighted by Gasteiger charge is -2.72. The summed E-state index contributed by atoms with van der Waals surface area (Å²) in [5, 5.41) is 63.3. The van der Waals surface area contributed by atoms with Crippen LogP contribution in [0.5, 0.6) is 0 Å². The number of allylic oxidation sites excluding steroid dienone is 2. The highest BCUT2D eigenvalue weighted by atomic mass is 16.4. The van der Waals surface area contributed by atoms with E-state index in [1.165, 1.54) is 12.5 Å². The van der Waals surface area contributed by atoms with Gasteiger partial charge in [-0.1, -0.05) is 80.3 Å². The monoisotopic (exact) mass is 895 g/mol. The van der Waals surface area contributed by atoms with Crippen LogP contribution in [0.15, 0.2) is 81.4 Å². The molecule has 13 atom stereocenters. The summed E-state index contributed by atoms with van der Waals surface area (Å²) < 4.78 is 0. The van der Waals surface area contributed by atoms with Crippen LogP contribution in [0.2, 0.25) is 0 Å². The van der Waals surface area contributed by atoms with E-state index >= 15 is 4.79 Å². The quantitative estimate of drug-likeness (QED) is 0.0585. The summed E-state index contributed by atoms with van der Waals surface area (Å²) in [7, 11) is 0. The van der Waals surface area contributed by atoms with Crippen molar-refractivity contribution >= 4 is 29.6 Å². The molecule has 0 aromatic heterocycles. The molecule has 66 heavy (non-hydrogen) atoms. The fourth-order valence-corrected chi connectivity index (χ4v) is 18.2. The van der Waals surface area contributed by atoms with Crippen LogP contribution in [0, 0.1) is 62.6 Å². The smallest absolute Gasteiger partial charge is 0.331 e. The van der Waals surface area contributed by atoms with Gasteiger partial charge in [-0.05, 0) is 117 Å². The van der Waals surface area contributed by atoms with Gasteiger partial charge in [0.05, 0.1) is 17.2 Å². The molecule has 9 N–H and O–H groups in total. The van der Waals surface area contributed by atoms with E-state index in [0.29, 0.717) is 74.5 Å². The number of benzene rings is 1. The number of carboxylic acid groups (broad SMARTS) is 1. The van der Waals surface area contributed by atoms with Crippen molar-refractivity contribution in [2.45, 2.75) is 146 Å². The number of rotatable bonds is 5. The van der Waals surface area contributed by atoms with Crippen molar-refractivity contribution in [1.29, 1.82) is 0 Å². The highest BCUT2D eigenvalue weighted by Crippen LogP contribution is 2.86. The van der Waals surface area contributed by atoms with Gasteiger partial charge in [0, 0.05) is 76.9 Å². The van der Waals surface area contributed by atoms with Crippen molar-refractivity contribution < 1.29 is 39.9 Å². The van der Waals surface area contributed by atoms with Gasteiger partial charge in [-0.25, -0.2) is 9.79 Å².